The number of benzene rings is 1. The molecule has 0 unspecified atom stereocenters. The zero-order chi connectivity index (χ0) is 15.6. The predicted molar refractivity (Wildman–Crippen MR) is 77.3 cm³/mol. The second-order valence-electron chi connectivity index (χ2n) is 4.25. The molecule has 0 spiro atoms. The van der Waals surface area contributed by atoms with Gasteiger partial charge in [0, 0.05) is 12.3 Å². The summed E-state index contributed by atoms with van der Waals surface area (Å²) in [6.45, 7) is 1.70. The van der Waals surface area contributed by atoms with Gasteiger partial charge in [0.05, 0.1) is 9.82 Å². The number of aryl methyl sites for hydroxylation is 1. The quantitative estimate of drug-likeness (QED) is 0.502. The molecular weight excluding hydrogens is 296 g/mol. The Hall–Kier alpha value is -2.68. The van der Waals surface area contributed by atoms with Crippen LogP contribution in [-0.2, 0) is 10.0 Å². The highest BCUT2D eigenvalue weighted by Gasteiger charge is 2.20. The van der Waals surface area contributed by atoms with Crippen LogP contribution in [0.5, 0.6) is 0 Å². The van der Waals surface area contributed by atoms with Crippen molar-refractivity contribution in [3.63, 3.8) is 0 Å². The number of nitro groups is 1. The molecule has 0 aliphatic heterocycles. The van der Waals surface area contributed by atoms with E-state index in [2.05, 4.69) is 9.71 Å². The number of aromatic nitrogens is 1. The van der Waals surface area contributed by atoms with E-state index in [1.807, 2.05) is 0 Å². The maximum absolute atomic E-state index is 12.2. The highest BCUT2D eigenvalue weighted by atomic mass is 32.2. The van der Waals surface area contributed by atoms with Gasteiger partial charge in [0.25, 0.3) is 15.7 Å². The average Bonchev–Trinajstić information content (AvgIpc) is 2.40. The van der Waals surface area contributed by atoms with E-state index < -0.39 is 14.9 Å². The first kappa shape index (κ1) is 14.7. The van der Waals surface area contributed by atoms with Crippen LogP contribution in [0.2, 0.25) is 0 Å². The maximum atomic E-state index is 12.2. The van der Waals surface area contributed by atoms with Crippen LogP contribution in [0.15, 0.2) is 41.4 Å². The molecule has 3 N–H and O–H groups in total. The van der Waals surface area contributed by atoms with E-state index in [1.54, 1.807) is 19.1 Å². The van der Waals surface area contributed by atoms with Crippen LogP contribution in [0.4, 0.5) is 17.2 Å². The largest absolute Gasteiger partial charge is 0.393 e. The van der Waals surface area contributed by atoms with Crippen LogP contribution in [-0.4, -0.2) is 18.3 Å². The average molecular weight is 308 g/mol. The van der Waals surface area contributed by atoms with Crippen LogP contribution >= 0.6 is 0 Å². The number of nitro benzene ring substituents is 1. The lowest BCUT2D eigenvalue weighted by Crippen LogP contribution is -2.15. The minimum Gasteiger partial charge on any atom is -0.393 e. The molecule has 1 heterocycles. The highest BCUT2D eigenvalue weighted by molar-refractivity contribution is 7.92. The number of hydrogen-bond acceptors (Lipinski definition) is 6. The second kappa shape index (κ2) is 5.37. The third-order valence-corrected chi connectivity index (χ3v) is 4.08. The number of nitrogens with zero attached hydrogens (tertiary/aromatic N) is 2. The van der Waals surface area contributed by atoms with Gasteiger partial charge in [-0.25, -0.2) is 13.4 Å². The van der Waals surface area contributed by atoms with Crippen LogP contribution < -0.4 is 10.5 Å². The number of pyridine rings is 1. The van der Waals surface area contributed by atoms with Gasteiger partial charge in [-0.3, -0.25) is 14.8 Å². The Kier molecular flexibility index (Phi) is 3.76. The first-order valence-corrected chi connectivity index (χ1v) is 7.28. The maximum Gasteiger partial charge on any atom is 0.292 e. The monoisotopic (exact) mass is 308 g/mol. The van der Waals surface area contributed by atoms with Gasteiger partial charge in [0.2, 0.25) is 0 Å². The van der Waals surface area contributed by atoms with E-state index >= 15 is 0 Å². The number of nitrogens with two attached hydrogens (primary N) is 1. The fourth-order valence-corrected chi connectivity index (χ4v) is 2.76. The fraction of sp³-hybridized carbons (Fsp3) is 0.0833. The molecule has 0 saturated heterocycles. The van der Waals surface area contributed by atoms with E-state index in [4.69, 9.17) is 5.73 Å². The van der Waals surface area contributed by atoms with Gasteiger partial charge in [-0.2, -0.15) is 0 Å². The molecule has 2 rings (SSSR count). The number of anilines is 2. The van der Waals surface area contributed by atoms with Gasteiger partial charge >= 0.3 is 0 Å². The van der Waals surface area contributed by atoms with Crippen LogP contribution in [0.3, 0.4) is 0 Å². The summed E-state index contributed by atoms with van der Waals surface area (Å²) in [6.07, 6.45) is 1.45. The Morgan fingerprint density at radius 2 is 2.05 bits per heavy atom. The number of nitrogen functional groups attached to an aromatic ring is 1. The van der Waals surface area contributed by atoms with Crippen molar-refractivity contribution < 1.29 is 13.3 Å². The third-order valence-electron chi connectivity index (χ3n) is 2.75. The number of nitrogens with one attached hydrogen (secondary N) is 1. The van der Waals surface area contributed by atoms with E-state index in [-0.39, 0.29) is 22.1 Å². The molecule has 0 radical (unpaired) electrons. The number of sulfonamides is 1. The minimum absolute atomic E-state index is 0.171. The summed E-state index contributed by atoms with van der Waals surface area (Å²) in [6, 6.07) is 6.59. The summed E-state index contributed by atoms with van der Waals surface area (Å²) in [7, 11) is -3.92. The van der Waals surface area contributed by atoms with Crippen molar-refractivity contribution in [1.29, 1.82) is 0 Å². The lowest BCUT2D eigenvalue weighted by atomic mass is 10.3. The molecule has 0 atom stereocenters. The number of rotatable bonds is 4. The topological polar surface area (TPSA) is 128 Å². The zero-order valence-electron chi connectivity index (χ0n) is 11.0. The first-order valence-electron chi connectivity index (χ1n) is 5.79. The Morgan fingerprint density at radius 3 is 2.62 bits per heavy atom. The van der Waals surface area contributed by atoms with Gasteiger partial charge in [-0.05, 0) is 30.7 Å². The molecule has 0 saturated carbocycles. The Bertz CT molecular complexity index is 805. The van der Waals surface area contributed by atoms with Gasteiger partial charge < -0.3 is 5.73 Å². The van der Waals surface area contributed by atoms with Crippen LogP contribution in [0, 0.1) is 17.0 Å². The molecule has 1 aromatic carbocycles. The fourth-order valence-electron chi connectivity index (χ4n) is 1.64. The third kappa shape index (κ3) is 3.08. The van der Waals surface area contributed by atoms with Gasteiger partial charge in [0.15, 0.2) is 0 Å². The van der Waals surface area contributed by atoms with Gasteiger partial charge in [0.1, 0.15) is 11.5 Å². The molecule has 9 heteroatoms. The Morgan fingerprint density at radius 1 is 1.33 bits per heavy atom. The summed E-state index contributed by atoms with van der Waals surface area (Å²) in [4.78, 5) is 13.7. The van der Waals surface area contributed by atoms with E-state index in [9.17, 15) is 18.5 Å². The smallest absolute Gasteiger partial charge is 0.292 e. The molecule has 8 nitrogen and oxygen atoms in total. The van der Waals surface area contributed by atoms with Crippen molar-refractivity contribution in [2.45, 2.75) is 11.8 Å². The minimum atomic E-state index is -3.92. The van der Waals surface area contributed by atoms with Gasteiger partial charge in [-0.15, -0.1) is 0 Å². The molecule has 110 valence electrons. The first-order chi connectivity index (χ1) is 9.81. The van der Waals surface area contributed by atoms with Crippen LogP contribution in [0.1, 0.15) is 5.56 Å². The summed E-state index contributed by atoms with van der Waals surface area (Å²) < 4.78 is 26.7. The lowest BCUT2D eigenvalue weighted by molar-refractivity contribution is -0.383. The molecule has 0 aliphatic carbocycles. The molecule has 0 bridgehead atoms. The zero-order valence-corrected chi connectivity index (χ0v) is 11.8. The van der Waals surface area contributed by atoms with Crippen molar-refractivity contribution in [3.8, 4) is 0 Å². The normalized spacial score (nSPS) is 11.1. The SMILES string of the molecule is Cc1cccnc1NS(=O)(=O)c1ccc([N+](=O)[O-])c(N)c1. The predicted octanol–water partition coefficient (Wildman–Crippen LogP) is 1.68. The van der Waals surface area contributed by atoms with Crippen molar-refractivity contribution in [2.75, 3.05) is 10.5 Å². The van der Waals surface area contributed by atoms with Crippen molar-refractivity contribution in [2.24, 2.45) is 0 Å². The Labute approximate surface area is 120 Å². The van der Waals surface area contributed by atoms with Crippen molar-refractivity contribution in [3.05, 3.63) is 52.2 Å². The van der Waals surface area contributed by atoms with E-state index in [1.165, 1.54) is 6.20 Å². The summed E-state index contributed by atoms with van der Waals surface area (Å²) in [5, 5.41) is 10.7. The van der Waals surface area contributed by atoms with E-state index in [0.717, 1.165) is 18.2 Å². The summed E-state index contributed by atoms with van der Waals surface area (Å²) in [5.41, 5.74) is 5.58. The van der Waals surface area contributed by atoms with E-state index in [0.29, 0.717) is 5.56 Å². The molecule has 2 aromatic rings. The van der Waals surface area contributed by atoms with Crippen molar-refractivity contribution >= 4 is 27.2 Å². The second-order valence-corrected chi connectivity index (χ2v) is 5.93. The Balaban J connectivity index is 2.39. The van der Waals surface area contributed by atoms with Crippen LogP contribution in [0.25, 0.3) is 0 Å². The molecule has 0 aliphatic rings. The highest BCUT2D eigenvalue weighted by Crippen LogP contribution is 2.25. The molecular formula is C12H12N4O4S. The lowest BCUT2D eigenvalue weighted by Gasteiger charge is -2.09. The number of hydrogen-bond donors (Lipinski definition) is 2. The standard InChI is InChI=1S/C12H12N4O4S/c1-8-3-2-6-14-12(8)15-21(19,20)9-4-5-11(16(17)18)10(13)7-9/h2-7H,13H2,1H3,(H,14,15). The van der Waals surface area contributed by atoms with Gasteiger partial charge in [-0.1, -0.05) is 6.07 Å². The molecule has 1 aromatic heterocycles. The molecule has 21 heavy (non-hydrogen) atoms. The summed E-state index contributed by atoms with van der Waals surface area (Å²) in [5.74, 6) is 0.189. The van der Waals surface area contributed by atoms with Crippen molar-refractivity contribution in [1.82, 2.24) is 4.98 Å². The molecule has 0 amide bonds. The molecule has 0 fully saturated rings. The summed E-state index contributed by atoms with van der Waals surface area (Å²) >= 11 is 0.